The second-order valence-corrected chi connectivity index (χ2v) is 5.97. The lowest BCUT2D eigenvalue weighted by molar-refractivity contribution is -0.113. The van der Waals surface area contributed by atoms with Crippen molar-refractivity contribution in [2.75, 3.05) is 11.1 Å². The Labute approximate surface area is 128 Å². The molecule has 0 bridgehead atoms. The Morgan fingerprint density at radius 1 is 1.14 bits per heavy atom. The molecule has 1 N–H and O–H groups in total. The van der Waals surface area contributed by atoms with Crippen LogP contribution in [0.5, 0.6) is 0 Å². The molecule has 0 aromatic heterocycles. The van der Waals surface area contributed by atoms with Gasteiger partial charge in [0, 0.05) is 11.4 Å². The summed E-state index contributed by atoms with van der Waals surface area (Å²) in [4.78, 5) is 11.9. The summed E-state index contributed by atoms with van der Waals surface area (Å²) in [7, 11) is 0. The normalized spacial score (nSPS) is 10.4. The number of carbonyl (C=O) groups is 1. The number of anilines is 1. The van der Waals surface area contributed by atoms with E-state index in [0.717, 1.165) is 11.3 Å². The van der Waals surface area contributed by atoms with Crippen molar-refractivity contribution in [3.63, 3.8) is 0 Å². The van der Waals surface area contributed by atoms with E-state index in [1.54, 1.807) is 24.8 Å². The average molecular weight is 303 g/mol. The zero-order chi connectivity index (χ0) is 15.2. The van der Waals surface area contributed by atoms with Gasteiger partial charge in [0.1, 0.15) is 5.82 Å². The van der Waals surface area contributed by atoms with Gasteiger partial charge in [0.25, 0.3) is 0 Å². The minimum Gasteiger partial charge on any atom is -0.325 e. The van der Waals surface area contributed by atoms with Crippen molar-refractivity contribution in [2.45, 2.75) is 19.6 Å². The second-order valence-electron chi connectivity index (χ2n) is 4.99. The van der Waals surface area contributed by atoms with Gasteiger partial charge in [-0.2, -0.15) is 0 Å². The van der Waals surface area contributed by atoms with Gasteiger partial charge in [0.2, 0.25) is 5.91 Å². The first-order valence-electron chi connectivity index (χ1n) is 6.74. The highest BCUT2D eigenvalue weighted by Crippen LogP contribution is 2.17. The van der Waals surface area contributed by atoms with Crippen LogP contribution in [0.25, 0.3) is 0 Å². The van der Waals surface area contributed by atoms with Crippen LogP contribution in [0.4, 0.5) is 10.1 Å². The Hall–Kier alpha value is -1.81. The van der Waals surface area contributed by atoms with Crippen LogP contribution in [-0.4, -0.2) is 11.7 Å². The number of carbonyl (C=O) groups excluding carboxylic acids is 1. The van der Waals surface area contributed by atoms with Crippen LogP contribution in [-0.2, 0) is 10.5 Å². The molecule has 0 saturated carbocycles. The second kappa shape index (κ2) is 7.27. The smallest absolute Gasteiger partial charge is 0.234 e. The fourth-order valence-corrected chi connectivity index (χ4v) is 2.69. The monoisotopic (exact) mass is 303 g/mol. The minimum atomic E-state index is -0.292. The van der Waals surface area contributed by atoms with E-state index in [4.69, 9.17) is 0 Å². The molecule has 110 valence electrons. The molecule has 4 heteroatoms. The maximum Gasteiger partial charge on any atom is 0.234 e. The Morgan fingerprint density at radius 2 is 1.86 bits per heavy atom. The van der Waals surface area contributed by atoms with E-state index in [1.807, 2.05) is 0 Å². The zero-order valence-corrected chi connectivity index (χ0v) is 13.0. The average Bonchev–Trinajstić information content (AvgIpc) is 2.44. The van der Waals surface area contributed by atoms with Crippen molar-refractivity contribution in [3.8, 4) is 0 Å². The molecule has 0 unspecified atom stereocenters. The molecule has 2 aromatic rings. The van der Waals surface area contributed by atoms with E-state index in [2.05, 4.69) is 36.5 Å². The Morgan fingerprint density at radius 3 is 2.52 bits per heavy atom. The maximum absolute atomic E-state index is 13.0. The largest absolute Gasteiger partial charge is 0.325 e. The fourth-order valence-electron chi connectivity index (χ4n) is 1.90. The van der Waals surface area contributed by atoms with Crippen LogP contribution in [0.15, 0.2) is 42.5 Å². The first-order valence-corrected chi connectivity index (χ1v) is 7.89. The number of hydrogen-bond donors (Lipinski definition) is 1. The minimum absolute atomic E-state index is 0.0678. The number of benzene rings is 2. The SMILES string of the molecule is Cc1ccc(CSCC(=O)Nc2ccc(F)cc2C)cc1. The van der Waals surface area contributed by atoms with E-state index in [0.29, 0.717) is 11.4 Å². The third-order valence-corrected chi connectivity index (χ3v) is 4.09. The molecule has 2 nitrogen and oxygen atoms in total. The van der Waals surface area contributed by atoms with Crippen LogP contribution in [0.2, 0.25) is 0 Å². The molecule has 0 saturated heterocycles. The molecule has 0 radical (unpaired) electrons. The lowest BCUT2D eigenvalue weighted by Gasteiger charge is -2.08. The van der Waals surface area contributed by atoms with Gasteiger partial charge >= 0.3 is 0 Å². The molecular weight excluding hydrogens is 285 g/mol. The van der Waals surface area contributed by atoms with E-state index in [9.17, 15) is 9.18 Å². The van der Waals surface area contributed by atoms with Crippen molar-refractivity contribution in [1.82, 2.24) is 0 Å². The first kappa shape index (κ1) is 15.6. The number of hydrogen-bond acceptors (Lipinski definition) is 2. The van der Waals surface area contributed by atoms with Crippen LogP contribution >= 0.6 is 11.8 Å². The van der Waals surface area contributed by atoms with Crippen LogP contribution in [0.3, 0.4) is 0 Å². The zero-order valence-electron chi connectivity index (χ0n) is 12.2. The fraction of sp³-hybridized carbons (Fsp3) is 0.235. The predicted octanol–water partition coefficient (Wildman–Crippen LogP) is 4.31. The molecule has 0 atom stereocenters. The van der Waals surface area contributed by atoms with E-state index in [-0.39, 0.29) is 11.7 Å². The van der Waals surface area contributed by atoms with Crippen molar-refractivity contribution < 1.29 is 9.18 Å². The molecule has 21 heavy (non-hydrogen) atoms. The maximum atomic E-state index is 13.0. The number of halogens is 1. The summed E-state index contributed by atoms with van der Waals surface area (Å²) < 4.78 is 13.0. The van der Waals surface area contributed by atoms with Crippen molar-refractivity contribution >= 4 is 23.4 Å². The third kappa shape index (κ3) is 4.90. The van der Waals surface area contributed by atoms with Gasteiger partial charge in [-0.3, -0.25) is 4.79 Å². The lowest BCUT2D eigenvalue weighted by atomic mass is 10.2. The van der Waals surface area contributed by atoms with Crippen molar-refractivity contribution in [2.24, 2.45) is 0 Å². The summed E-state index contributed by atoms with van der Waals surface area (Å²) in [6.45, 7) is 3.83. The van der Waals surface area contributed by atoms with Gasteiger partial charge in [-0.15, -0.1) is 11.8 Å². The molecule has 1 amide bonds. The summed E-state index contributed by atoms with van der Waals surface area (Å²) in [6.07, 6.45) is 0. The van der Waals surface area contributed by atoms with E-state index < -0.39 is 0 Å². The molecule has 2 rings (SSSR count). The lowest BCUT2D eigenvalue weighted by Crippen LogP contribution is -2.15. The molecule has 0 aliphatic heterocycles. The Kier molecular flexibility index (Phi) is 5.39. The van der Waals surface area contributed by atoms with Crippen LogP contribution in [0, 0.1) is 19.7 Å². The highest BCUT2D eigenvalue weighted by Gasteiger charge is 2.06. The number of aryl methyl sites for hydroxylation is 2. The molecule has 0 fully saturated rings. The summed E-state index contributed by atoms with van der Waals surface area (Å²) in [5, 5.41) is 2.81. The first-order chi connectivity index (χ1) is 10.0. The van der Waals surface area contributed by atoms with E-state index >= 15 is 0 Å². The Balaban J connectivity index is 1.81. The number of nitrogens with one attached hydrogen (secondary N) is 1. The van der Waals surface area contributed by atoms with Gasteiger partial charge in [-0.05, 0) is 43.2 Å². The number of rotatable bonds is 5. The predicted molar refractivity (Wildman–Crippen MR) is 87.1 cm³/mol. The van der Waals surface area contributed by atoms with Crippen LogP contribution in [0.1, 0.15) is 16.7 Å². The molecule has 0 spiro atoms. The highest BCUT2D eigenvalue weighted by molar-refractivity contribution is 7.99. The number of thioether (sulfide) groups is 1. The van der Waals surface area contributed by atoms with Gasteiger partial charge in [-0.25, -0.2) is 4.39 Å². The van der Waals surface area contributed by atoms with Crippen LogP contribution < -0.4 is 5.32 Å². The molecule has 0 aliphatic carbocycles. The topological polar surface area (TPSA) is 29.1 Å². The van der Waals surface area contributed by atoms with Crippen molar-refractivity contribution in [1.29, 1.82) is 0 Å². The summed E-state index contributed by atoms with van der Waals surface area (Å²) in [5.41, 5.74) is 3.83. The molecule has 0 aliphatic rings. The van der Waals surface area contributed by atoms with Gasteiger partial charge in [0.15, 0.2) is 0 Å². The van der Waals surface area contributed by atoms with Gasteiger partial charge in [-0.1, -0.05) is 29.8 Å². The third-order valence-electron chi connectivity index (χ3n) is 3.09. The number of amides is 1. The van der Waals surface area contributed by atoms with Crippen molar-refractivity contribution in [3.05, 3.63) is 65.0 Å². The summed E-state index contributed by atoms with van der Waals surface area (Å²) in [5.74, 6) is 0.821. The molecular formula is C17H18FNOS. The van der Waals surface area contributed by atoms with Gasteiger partial charge < -0.3 is 5.32 Å². The quantitative estimate of drug-likeness (QED) is 0.891. The molecule has 2 aromatic carbocycles. The Bertz CT molecular complexity index is 625. The standard InChI is InChI=1S/C17H18FNOS/c1-12-3-5-14(6-4-12)10-21-11-17(20)19-16-8-7-15(18)9-13(16)2/h3-9H,10-11H2,1-2H3,(H,19,20). The molecule has 0 heterocycles. The highest BCUT2D eigenvalue weighted by atomic mass is 32.2. The van der Waals surface area contributed by atoms with Gasteiger partial charge in [0.05, 0.1) is 5.75 Å². The van der Waals surface area contributed by atoms with E-state index in [1.165, 1.54) is 23.3 Å². The summed E-state index contributed by atoms with van der Waals surface area (Å²) >= 11 is 1.56. The summed E-state index contributed by atoms with van der Waals surface area (Å²) in [6, 6.07) is 12.6.